The molecule has 1 rings (SSSR count). The summed E-state index contributed by atoms with van der Waals surface area (Å²) in [5.41, 5.74) is 5.72. The third-order valence-corrected chi connectivity index (χ3v) is 3.74. The second-order valence-electron chi connectivity index (χ2n) is 3.59. The van der Waals surface area contributed by atoms with Crippen LogP contribution in [0.1, 0.15) is 0 Å². The molecular weight excluding hydrogens is 228 g/mol. The number of amides is 1. The Bertz CT molecular complexity index is 495. The second-order valence-corrected chi connectivity index (χ2v) is 5.54. The Labute approximate surface area is 94.8 Å². The molecule has 0 atom stereocenters. The molecule has 2 N–H and O–H groups in total. The Morgan fingerprint density at radius 2 is 1.88 bits per heavy atom. The third kappa shape index (κ3) is 2.73. The van der Waals surface area contributed by atoms with Gasteiger partial charge >= 0.3 is 0 Å². The van der Waals surface area contributed by atoms with Crippen molar-refractivity contribution in [2.75, 3.05) is 25.6 Å². The van der Waals surface area contributed by atoms with Crippen LogP contribution >= 0.6 is 0 Å². The Balaban J connectivity index is 3.05. The van der Waals surface area contributed by atoms with Crippen LogP contribution in [0.25, 0.3) is 0 Å². The zero-order valence-electron chi connectivity index (χ0n) is 9.17. The number of hydrogen-bond acceptors (Lipinski definition) is 4. The van der Waals surface area contributed by atoms with Crippen LogP contribution in [-0.2, 0) is 14.6 Å². The minimum atomic E-state index is -3.65. The van der Waals surface area contributed by atoms with Crippen LogP contribution in [0.3, 0.4) is 0 Å². The molecule has 0 unspecified atom stereocenters. The number of carbonyl (C=O) groups excluding carboxylic acids is 1. The van der Waals surface area contributed by atoms with Crippen molar-refractivity contribution in [1.29, 1.82) is 0 Å². The molecule has 16 heavy (non-hydrogen) atoms. The maximum absolute atomic E-state index is 11.8. The van der Waals surface area contributed by atoms with Gasteiger partial charge in [-0.1, -0.05) is 12.1 Å². The summed E-state index contributed by atoms with van der Waals surface area (Å²) in [4.78, 5) is 12.6. The zero-order chi connectivity index (χ0) is 12.3. The smallest absolute Gasteiger partial charge is 0.237 e. The Morgan fingerprint density at radius 1 is 1.31 bits per heavy atom. The van der Waals surface area contributed by atoms with E-state index in [1.165, 1.54) is 31.1 Å². The van der Waals surface area contributed by atoms with E-state index in [0.29, 0.717) is 0 Å². The molecule has 6 heteroatoms. The van der Waals surface area contributed by atoms with Crippen LogP contribution in [0.5, 0.6) is 0 Å². The van der Waals surface area contributed by atoms with E-state index >= 15 is 0 Å². The molecule has 1 aromatic rings. The van der Waals surface area contributed by atoms with E-state index in [1.54, 1.807) is 12.1 Å². The molecule has 88 valence electrons. The van der Waals surface area contributed by atoms with Crippen LogP contribution < -0.4 is 5.73 Å². The minimum absolute atomic E-state index is 0.00481. The van der Waals surface area contributed by atoms with E-state index in [1.807, 2.05) is 0 Å². The lowest BCUT2D eigenvalue weighted by atomic mass is 10.3. The number of hydrogen-bond donors (Lipinski definition) is 1. The van der Waals surface area contributed by atoms with Crippen molar-refractivity contribution in [2.45, 2.75) is 4.90 Å². The highest BCUT2D eigenvalue weighted by molar-refractivity contribution is 7.92. The number of nitrogens with two attached hydrogens (primary N) is 1. The van der Waals surface area contributed by atoms with E-state index in [0.717, 1.165) is 0 Å². The van der Waals surface area contributed by atoms with Gasteiger partial charge in [0, 0.05) is 14.1 Å². The molecule has 0 fully saturated rings. The van der Waals surface area contributed by atoms with Crippen molar-refractivity contribution in [2.24, 2.45) is 0 Å². The number of para-hydroxylation sites is 1. The summed E-state index contributed by atoms with van der Waals surface area (Å²) in [6.45, 7) is 0. The molecule has 0 heterocycles. The number of anilines is 1. The maximum atomic E-state index is 11.8. The van der Waals surface area contributed by atoms with Gasteiger partial charge < -0.3 is 10.6 Å². The van der Waals surface area contributed by atoms with Gasteiger partial charge in [0.05, 0.1) is 10.6 Å². The third-order valence-electron chi connectivity index (χ3n) is 2.07. The zero-order valence-corrected chi connectivity index (χ0v) is 9.99. The second kappa shape index (κ2) is 4.52. The van der Waals surface area contributed by atoms with Gasteiger partial charge in [-0.05, 0) is 12.1 Å². The van der Waals surface area contributed by atoms with Gasteiger partial charge in [-0.3, -0.25) is 4.79 Å². The summed E-state index contributed by atoms with van der Waals surface area (Å²) in [6.07, 6.45) is 0. The standard InChI is InChI=1S/C10H14N2O3S/c1-12(2)10(13)7-16(14,15)9-6-4-3-5-8(9)11/h3-6H,7,11H2,1-2H3. The molecule has 1 aromatic carbocycles. The predicted octanol–water partition coefficient (Wildman–Crippen LogP) is 0.131. The largest absolute Gasteiger partial charge is 0.398 e. The molecule has 5 nitrogen and oxygen atoms in total. The van der Waals surface area contributed by atoms with Gasteiger partial charge in [0.15, 0.2) is 9.84 Å². The van der Waals surface area contributed by atoms with Gasteiger partial charge in [-0.2, -0.15) is 0 Å². The minimum Gasteiger partial charge on any atom is -0.398 e. The fourth-order valence-corrected chi connectivity index (χ4v) is 2.59. The number of sulfone groups is 1. The fraction of sp³-hybridized carbons (Fsp3) is 0.300. The summed E-state index contributed by atoms with van der Waals surface area (Å²) in [7, 11) is -0.639. The SMILES string of the molecule is CN(C)C(=O)CS(=O)(=O)c1ccccc1N. The number of nitrogens with zero attached hydrogens (tertiary/aromatic N) is 1. The molecule has 0 saturated carbocycles. The van der Waals surface area contributed by atoms with Crippen molar-refractivity contribution < 1.29 is 13.2 Å². The molecule has 0 aliphatic rings. The van der Waals surface area contributed by atoms with Crippen molar-refractivity contribution in [1.82, 2.24) is 4.90 Å². The average Bonchev–Trinajstić information content (AvgIpc) is 2.17. The van der Waals surface area contributed by atoms with Crippen LogP contribution in [-0.4, -0.2) is 39.1 Å². The van der Waals surface area contributed by atoms with E-state index in [4.69, 9.17) is 5.73 Å². The Kier molecular flexibility index (Phi) is 3.54. The summed E-state index contributed by atoms with van der Waals surface area (Å²) in [5, 5.41) is 0. The first kappa shape index (κ1) is 12.5. The summed E-state index contributed by atoms with van der Waals surface area (Å²) >= 11 is 0. The lowest BCUT2D eigenvalue weighted by molar-refractivity contribution is -0.125. The number of carbonyl (C=O) groups is 1. The van der Waals surface area contributed by atoms with Gasteiger partial charge in [0.2, 0.25) is 5.91 Å². The van der Waals surface area contributed by atoms with Crippen LogP contribution in [0.15, 0.2) is 29.2 Å². The van der Waals surface area contributed by atoms with Gasteiger partial charge in [-0.15, -0.1) is 0 Å². The molecule has 0 radical (unpaired) electrons. The van der Waals surface area contributed by atoms with Crippen molar-refractivity contribution >= 4 is 21.4 Å². The quantitative estimate of drug-likeness (QED) is 0.764. The van der Waals surface area contributed by atoms with Gasteiger partial charge in [0.25, 0.3) is 0 Å². The van der Waals surface area contributed by atoms with Gasteiger partial charge in [0.1, 0.15) is 5.75 Å². The molecule has 0 bridgehead atoms. The fourth-order valence-electron chi connectivity index (χ4n) is 1.13. The summed E-state index contributed by atoms with van der Waals surface area (Å²) in [5.74, 6) is -1.03. The number of rotatable bonds is 3. The topological polar surface area (TPSA) is 80.5 Å². The van der Waals surface area contributed by atoms with Crippen molar-refractivity contribution in [3.8, 4) is 0 Å². The monoisotopic (exact) mass is 242 g/mol. The lowest BCUT2D eigenvalue weighted by Gasteiger charge is -2.11. The molecule has 1 amide bonds. The van der Waals surface area contributed by atoms with Crippen molar-refractivity contribution in [3.05, 3.63) is 24.3 Å². The molecule has 0 aliphatic heterocycles. The highest BCUT2D eigenvalue weighted by Gasteiger charge is 2.22. The number of nitrogen functional groups attached to an aromatic ring is 1. The maximum Gasteiger partial charge on any atom is 0.237 e. The molecule has 0 spiro atoms. The van der Waals surface area contributed by atoms with Gasteiger partial charge in [-0.25, -0.2) is 8.42 Å². The van der Waals surface area contributed by atoms with Crippen LogP contribution in [0.4, 0.5) is 5.69 Å². The normalized spacial score (nSPS) is 11.1. The van der Waals surface area contributed by atoms with Crippen LogP contribution in [0, 0.1) is 0 Å². The molecular formula is C10H14N2O3S. The summed E-state index contributed by atoms with van der Waals surface area (Å²) < 4.78 is 23.7. The molecule has 0 aliphatic carbocycles. The highest BCUT2D eigenvalue weighted by atomic mass is 32.2. The van der Waals surface area contributed by atoms with E-state index in [2.05, 4.69) is 0 Å². The summed E-state index contributed by atoms with van der Waals surface area (Å²) in [6, 6.07) is 6.10. The first-order valence-electron chi connectivity index (χ1n) is 4.62. The molecule has 0 saturated heterocycles. The first-order chi connectivity index (χ1) is 7.34. The Morgan fingerprint density at radius 3 is 2.38 bits per heavy atom. The lowest BCUT2D eigenvalue weighted by Crippen LogP contribution is -2.29. The van der Waals surface area contributed by atoms with E-state index < -0.39 is 21.5 Å². The van der Waals surface area contributed by atoms with Crippen molar-refractivity contribution in [3.63, 3.8) is 0 Å². The highest BCUT2D eigenvalue weighted by Crippen LogP contribution is 2.18. The Hall–Kier alpha value is -1.56. The van der Waals surface area contributed by atoms with E-state index in [9.17, 15) is 13.2 Å². The van der Waals surface area contributed by atoms with E-state index in [-0.39, 0.29) is 10.6 Å². The van der Waals surface area contributed by atoms with Crippen LogP contribution in [0.2, 0.25) is 0 Å². The molecule has 0 aromatic heterocycles. The number of benzene rings is 1. The predicted molar refractivity (Wildman–Crippen MR) is 61.6 cm³/mol. The average molecular weight is 242 g/mol. The first-order valence-corrected chi connectivity index (χ1v) is 6.27.